The van der Waals surface area contributed by atoms with Gasteiger partial charge in [0.25, 0.3) is 11.8 Å². The van der Waals surface area contributed by atoms with E-state index in [1.165, 1.54) is 20.3 Å². The van der Waals surface area contributed by atoms with Crippen LogP contribution in [0.5, 0.6) is 11.5 Å². The van der Waals surface area contributed by atoms with Gasteiger partial charge in [0.05, 0.1) is 14.2 Å². The van der Waals surface area contributed by atoms with Gasteiger partial charge in [0.15, 0.2) is 18.1 Å². The van der Waals surface area contributed by atoms with Crippen molar-refractivity contribution >= 4 is 23.8 Å². The van der Waals surface area contributed by atoms with Crippen molar-refractivity contribution in [2.24, 2.45) is 0 Å². The molecule has 1 aromatic rings. The summed E-state index contributed by atoms with van der Waals surface area (Å²) in [7, 11) is 2.80. The lowest BCUT2D eigenvalue weighted by Crippen LogP contribution is -2.51. The molecule has 0 unspecified atom stereocenters. The van der Waals surface area contributed by atoms with E-state index in [9.17, 15) is 19.2 Å². The zero-order valence-electron chi connectivity index (χ0n) is 16.3. The molecule has 2 fully saturated rings. The zero-order chi connectivity index (χ0) is 21.0. The van der Waals surface area contributed by atoms with Gasteiger partial charge in [-0.25, -0.2) is 9.59 Å². The van der Waals surface area contributed by atoms with Gasteiger partial charge in [0.1, 0.15) is 11.1 Å². The van der Waals surface area contributed by atoms with Crippen molar-refractivity contribution in [1.82, 2.24) is 15.8 Å². The van der Waals surface area contributed by atoms with Crippen molar-refractivity contribution in [2.45, 2.75) is 37.6 Å². The van der Waals surface area contributed by atoms with Crippen molar-refractivity contribution in [3.63, 3.8) is 0 Å². The van der Waals surface area contributed by atoms with Crippen LogP contribution < -0.4 is 20.2 Å². The molecule has 1 saturated heterocycles. The summed E-state index contributed by atoms with van der Waals surface area (Å²) >= 11 is 0. The molecule has 3 rings (SSSR count). The number of esters is 1. The molecule has 1 heterocycles. The maximum absolute atomic E-state index is 12.6. The molecule has 1 saturated carbocycles. The average molecular weight is 405 g/mol. The number of nitrogens with zero attached hydrogens (tertiary/aromatic N) is 1. The van der Waals surface area contributed by atoms with Crippen molar-refractivity contribution in [3.05, 3.63) is 23.8 Å². The molecule has 10 heteroatoms. The highest BCUT2D eigenvalue weighted by atomic mass is 16.5. The van der Waals surface area contributed by atoms with Crippen LogP contribution in [0.4, 0.5) is 4.79 Å². The van der Waals surface area contributed by atoms with Gasteiger partial charge in [0, 0.05) is 0 Å². The second kappa shape index (κ2) is 8.38. The van der Waals surface area contributed by atoms with Crippen molar-refractivity contribution in [2.75, 3.05) is 20.8 Å². The minimum Gasteiger partial charge on any atom is -0.493 e. The molecule has 1 spiro atoms. The van der Waals surface area contributed by atoms with Gasteiger partial charge in [-0.3, -0.25) is 15.0 Å². The number of carbonyl (C=O) groups is 4. The van der Waals surface area contributed by atoms with E-state index >= 15 is 0 Å². The Morgan fingerprint density at radius 1 is 1.14 bits per heavy atom. The summed E-state index contributed by atoms with van der Waals surface area (Å²) in [5.41, 5.74) is 1.34. The standard InChI is InChI=1S/C19H23N3O7/c1-27-13-8-6-7-12(15(13)28-2)16(24)29-11-14(23)21-22-17(25)19(20-18(22)26)9-4-3-5-10-19/h6-8H,3-5,9-11H2,1-2H3,(H,20,26)(H,21,23). The molecule has 4 amide bonds. The van der Waals surface area contributed by atoms with Crippen molar-refractivity contribution in [3.8, 4) is 11.5 Å². The van der Waals surface area contributed by atoms with Gasteiger partial charge in [-0.15, -0.1) is 0 Å². The summed E-state index contributed by atoms with van der Waals surface area (Å²) in [5, 5.41) is 3.34. The third kappa shape index (κ3) is 3.96. The fourth-order valence-electron chi connectivity index (χ4n) is 3.63. The van der Waals surface area contributed by atoms with Gasteiger partial charge in [-0.2, -0.15) is 5.01 Å². The Labute approximate surface area is 167 Å². The van der Waals surface area contributed by atoms with E-state index in [0.717, 1.165) is 19.3 Å². The lowest BCUT2D eigenvalue weighted by molar-refractivity contribution is -0.140. The summed E-state index contributed by atoms with van der Waals surface area (Å²) in [6, 6.07) is 3.97. The highest BCUT2D eigenvalue weighted by Crippen LogP contribution is 2.33. The Bertz CT molecular complexity index is 833. The quantitative estimate of drug-likeness (QED) is 0.537. The van der Waals surface area contributed by atoms with E-state index < -0.39 is 36.0 Å². The predicted molar refractivity (Wildman–Crippen MR) is 99.2 cm³/mol. The minimum absolute atomic E-state index is 0.0794. The monoisotopic (exact) mass is 405 g/mol. The number of hydrazine groups is 1. The molecule has 1 aliphatic carbocycles. The first-order valence-corrected chi connectivity index (χ1v) is 9.26. The smallest absolute Gasteiger partial charge is 0.344 e. The molecule has 0 bridgehead atoms. The molecule has 2 aliphatic rings. The first-order valence-electron chi connectivity index (χ1n) is 9.26. The van der Waals surface area contributed by atoms with Gasteiger partial charge >= 0.3 is 12.0 Å². The van der Waals surface area contributed by atoms with Crippen LogP contribution in [0.3, 0.4) is 0 Å². The number of hydrogen-bond donors (Lipinski definition) is 2. The second-order valence-electron chi connectivity index (χ2n) is 6.87. The molecule has 0 atom stereocenters. The number of ether oxygens (including phenoxy) is 3. The Morgan fingerprint density at radius 2 is 1.86 bits per heavy atom. The van der Waals surface area contributed by atoms with Gasteiger partial charge in [-0.1, -0.05) is 25.3 Å². The minimum atomic E-state index is -0.951. The molecule has 29 heavy (non-hydrogen) atoms. The van der Waals surface area contributed by atoms with Crippen LogP contribution in [0.2, 0.25) is 0 Å². The third-order valence-corrected chi connectivity index (χ3v) is 5.06. The Morgan fingerprint density at radius 3 is 2.52 bits per heavy atom. The number of carbonyl (C=O) groups excluding carboxylic acids is 4. The molecule has 2 N–H and O–H groups in total. The van der Waals surface area contributed by atoms with Crippen LogP contribution in [-0.4, -0.2) is 55.2 Å². The van der Waals surface area contributed by atoms with E-state index in [2.05, 4.69) is 10.7 Å². The lowest BCUT2D eigenvalue weighted by atomic mass is 9.82. The van der Waals surface area contributed by atoms with E-state index in [1.807, 2.05) is 0 Å². The second-order valence-corrected chi connectivity index (χ2v) is 6.87. The normalized spacial score (nSPS) is 17.7. The molecular weight excluding hydrogens is 382 g/mol. The number of methoxy groups -OCH3 is 2. The Balaban J connectivity index is 1.60. The van der Waals surface area contributed by atoms with Crippen LogP contribution >= 0.6 is 0 Å². The first-order chi connectivity index (χ1) is 13.9. The van der Waals surface area contributed by atoms with Crippen LogP contribution in [0.15, 0.2) is 18.2 Å². The topological polar surface area (TPSA) is 123 Å². The Kier molecular flexibility index (Phi) is 5.90. The van der Waals surface area contributed by atoms with Crippen LogP contribution in [-0.2, 0) is 14.3 Å². The molecule has 1 aliphatic heterocycles. The summed E-state index contributed by atoms with van der Waals surface area (Å²) in [5.74, 6) is -1.60. The number of imide groups is 1. The van der Waals surface area contributed by atoms with E-state index in [4.69, 9.17) is 14.2 Å². The predicted octanol–water partition coefficient (Wildman–Crippen LogP) is 1.15. The fourth-order valence-corrected chi connectivity index (χ4v) is 3.63. The van der Waals surface area contributed by atoms with E-state index in [-0.39, 0.29) is 11.3 Å². The fraction of sp³-hybridized carbons (Fsp3) is 0.474. The molecule has 0 radical (unpaired) electrons. The average Bonchev–Trinajstić information content (AvgIpc) is 2.95. The molecule has 1 aromatic carbocycles. The van der Waals surface area contributed by atoms with Gasteiger partial charge in [0.2, 0.25) is 0 Å². The number of hydrogen-bond acceptors (Lipinski definition) is 7. The summed E-state index contributed by atoms with van der Waals surface area (Å²) < 4.78 is 15.3. The summed E-state index contributed by atoms with van der Waals surface area (Å²) in [6.07, 6.45) is 3.73. The number of rotatable bonds is 6. The first kappa shape index (κ1) is 20.4. The van der Waals surface area contributed by atoms with Gasteiger partial charge in [-0.05, 0) is 25.0 Å². The van der Waals surface area contributed by atoms with E-state index in [0.29, 0.717) is 23.6 Å². The molecule has 10 nitrogen and oxygen atoms in total. The highest BCUT2D eigenvalue weighted by molar-refractivity contribution is 6.08. The van der Waals surface area contributed by atoms with Crippen LogP contribution in [0.25, 0.3) is 0 Å². The number of benzene rings is 1. The van der Waals surface area contributed by atoms with Gasteiger partial charge < -0.3 is 19.5 Å². The summed E-state index contributed by atoms with van der Waals surface area (Å²) in [4.78, 5) is 49.2. The highest BCUT2D eigenvalue weighted by Gasteiger charge is 2.52. The number of urea groups is 1. The third-order valence-electron chi connectivity index (χ3n) is 5.06. The van der Waals surface area contributed by atoms with E-state index in [1.54, 1.807) is 12.1 Å². The molecular formula is C19H23N3O7. The van der Waals surface area contributed by atoms with Crippen molar-refractivity contribution < 1.29 is 33.4 Å². The Hall–Kier alpha value is -3.30. The maximum atomic E-state index is 12.6. The van der Waals surface area contributed by atoms with Crippen LogP contribution in [0, 0.1) is 0 Å². The van der Waals surface area contributed by atoms with Crippen LogP contribution in [0.1, 0.15) is 42.5 Å². The SMILES string of the molecule is COc1cccc(C(=O)OCC(=O)NN2C(=O)NC3(CCCCC3)C2=O)c1OC. The largest absolute Gasteiger partial charge is 0.493 e. The maximum Gasteiger partial charge on any atom is 0.344 e. The summed E-state index contributed by atoms with van der Waals surface area (Å²) in [6.45, 7) is -0.677. The number of para-hydroxylation sites is 1. The molecule has 0 aromatic heterocycles. The van der Waals surface area contributed by atoms with Crippen molar-refractivity contribution in [1.29, 1.82) is 0 Å². The molecule has 156 valence electrons. The lowest BCUT2D eigenvalue weighted by Gasteiger charge is -2.30. The number of nitrogens with one attached hydrogen (secondary N) is 2. The number of amides is 4. The zero-order valence-corrected chi connectivity index (χ0v) is 16.3.